The van der Waals surface area contributed by atoms with Gasteiger partial charge in [0.2, 0.25) is 11.5 Å². The van der Waals surface area contributed by atoms with Gasteiger partial charge in [0.25, 0.3) is 0 Å². The van der Waals surface area contributed by atoms with Crippen LogP contribution in [0.5, 0.6) is 5.75 Å². The average molecular weight is 475 g/mol. The van der Waals surface area contributed by atoms with Crippen LogP contribution < -0.4 is 10.3 Å². The molecule has 3 rings (SSSR count). The van der Waals surface area contributed by atoms with Crippen LogP contribution in [0.1, 0.15) is 57.8 Å². The Morgan fingerprint density at radius 3 is 2.79 bits per heavy atom. The molecule has 1 fully saturated rings. The van der Waals surface area contributed by atoms with Crippen LogP contribution in [0, 0.1) is 5.92 Å². The van der Waals surface area contributed by atoms with E-state index in [1.54, 1.807) is 17.8 Å². The van der Waals surface area contributed by atoms with Crippen molar-refractivity contribution in [2.75, 3.05) is 31.8 Å². The molecule has 1 amide bonds. The minimum atomic E-state index is -0.116. The normalized spacial score (nSPS) is 15.5. The van der Waals surface area contributed by atoms with Crippen molar-refractivity contribution in [2.24, 2.45) is 5.92 Å². The summed E-state index contributed by atoms with van der Waals surface area (Å²) in [6.07, 6.45) is 11.1. The SMILES string of the molecule is CSCCC(CO)N(CC1CCCCC1)C(=O)CCCCOc1ccc2[nH]c(=O)ccc2c1. The standard InChI is InChI=1S/C26H38N2O4S/c1-33-16-14-22(19-29)28(18-20-7-3-2-4-8-20)26(31)9-5-6-15-32-23-11-12-24-21(17-23)10-13-25(30)27-24/h10-13,17,20,22,29H,2-9,14-16,18-19H2,1H3,(H,27,30). The van der Waals surface area contributed by atoms with Gasteiger partial charge in [-0.15, -0.1) is 0 Å². The predicted octanol–water partition coefficient (Wildman–Crippen LogP) is 4.60. The van der Waals surface area contributed by atoms with E-state index in [2.05, 4.69) is 11.2 Å². The molecule has 1 saturated carbocycles. The van der Waals surface area contributed by atoms with Crippen molar-refractivity contribution < 1.29 is 14.6 Å². The van der Waals surface area contributed by atoms with Crippen LogP contribution in [-0.4, -0.2) is 58.7 Å². The Labute approximate surface area is 201 Å². The maximum Gasteiger partial charge on any atom is 0.248 e. The molecule has 0 spiro atoms. The third-order valence-electron chi connectivity index (χ3n) is 6.56. The maximum atomic E-state index is 13.1. The largest absolute Gasteiger partial charge is 0.494 e. The molecular formula is C26H38N2O4S. The average Bonchev–Trinajstić information content (AvgIpc) is 2.84. The summed E-state index contributed by atoms with van der Waals surface area (Å²) < 4.78 is 5.87. The topological polar surface area (TPSA) is 82.6 Å². The number of carbonyl (C=O) groups is 1. The van der Waals surface area contributed by atoms with E-state index in [4.69, 9.17) is 4.74 Å². The van der Waals surface area contributed by atoms with E-state index in [-0.39, 0.29) is 24.1 Å². The molecule has 1 aromatic heterocycles. The number of hydrogen-bond acceptors (Lipinski definition) is 5. The number of nitrogens with one attached hydrogen (secondary N) is 1. The van der Waals surface area contributed by atoms with Gasteiger partial charge in [-0.05, 0) is 74.3 Å². The van der Waals surface area contributed by atoms with Crippen molar-refractivity contribution in [3.8, 4) is 5.75 Å². The van der Waals surface area contributed by atoms with E-state index in [1.807, 2.05) is 23.1 Å². The van der Waals surface area contributed by atoms with E-state index >= 15 is 0 Å². The highest BCUT2D eigenvalue weighted by molar-refractivity contribution is 7.98. The molecule has 1 aliphatic rings. The number of rotatable bonds is 13. The van der Waals surface area contributed by atoms with E-state index in [1.165, 1.54) is 38.2 Å². The fraction of sp³-hybridized carbons (Fsp3) is 0.615. The van der Waals surface area contributed by atoms with Crippen molar-refractivity contribution in [3.63, 3.8) is 0 Å². The summed E-state index contributed by atoms with van der Waals surface area (Å²) in [7, 11) is 0. The summed E-state index contributed by atoms with van der Waals surface area (Å²) in [4.78, 5) is 29.3. The Bertz CT molecular complexity index is 926. The zero-order valence-electron chi connectivity index (χ0n) is 19.8. The van der Waals surface area contributed by atoms with Crippen molar-refractivity contribution in [1.82, 2.24) is 9.88 Å². The quantitative estimate of drug-likeness (QED) is 0.415. The predicted molar refractivity (Wildman–Crippen MR) is 136 cm³/mol. The highest BCUT2D eigenvalue weighted by Crippen LogP contribution is 2.26. The number of carbonyl (C=O) groups excluding carboxylic acids is 1. The number of fused-ring (bicyclic) bond motifs is 1. The number of aliphatic hydroxyl groups is 1. The van der Waals surface area contributed by atoms with E-state index in [0.29, 0.717) is 18.9 Å². The van der Waals surface area contributed by atoms with E-state index in [0.717, 1.165) is 48.2 Å². The van der Waals surface area contributed by atoms with Crippen LogP contribution in [-0.2, 0) is 4.79 Å². The van der Waals surface area contributed by atoms with Crippen LogP contribution in [0.15, 0.2) is 35.1 Å². The molecule has 1 aromatic carbocycles. The molecule has 0 bridgehead atoms. The summed E-state index contributed by atoms with van der Waals surface area (Å²) >= 11 is 1.76. The Hall–Kier alpha value is -1.99. The van der Waals surface area contributed by atoms with Gasteiger partial charge in [0, 0.05) is 29.9 Å². The monoisotopic (exact) mass is 474 g/mol. The zero-order chi connectivity index (χ0) is 23.5. The van der Waals surface area contributed by atoms with Crippen molar-refractivity contribution in [3.05, 3.63) is 40.7 Å². The lowest BCUT2D eigenvalue weighted by molar-refractivity contribution is -0.135. The van der Waals surface area contributed by atoms with Gasteiger partial charge in [-0.3, -0.25) is 9.59 Å². The number of hydrogen-bond donors (Lipinski definition) is 2. The van der Waals surface area contributed by atoms with Gasteiger partial charge in [-0.1, -0.05) is 19.3 Å². The number of aromatic amines is 1. The number of H-pyrrole nitrogens is 1. The summed E-state index contributed by atoms with van der Waals surface area (Å²) in [6, 6.07) is 8.84. The maximum absolute atomic E-state index is 13.1. The van der Waals surface area contributed by atoms with Gasteiger partial charge in [0.1, 0.15) is 5.75 Å². The Kier molecular flexibility index (Phi) is 10.6. The smallest absolute Gasteiger partial charge is 0.248 e. The first-order valence-corrected chi connectivity index (χ1v) is 13.6. The number of pyridine rings is 1. The highest BCUT2D eigenvalue weighted by atomic mass is 32.2. The summed E-state index contributed by atoms with van der Waals surface area (Å²) in [6.45, 7) is 1.37. The van der Waals surface area contributed by atoms with E-state index in [9.17, 15) is 14.7 Å². The second-order valence-electron chi connectivity index (χ2n) is 9.05. The molecule has 1 unspecified atom stereocenters. The molecule has 33 heavy (non-hydrogen) atoms. The minimum absolute atomic E-state index is 0.0371. The van der Waals surface area contributed by atoms with Crippen LogP contribution in [0.4, 0.5) is 0 Å². The number of ether oxygens (including phenoxy) is 1. The van der Waals surface area contributed by atoms with Gasteiger partial charge in [-0.25, -0.2) is 0 Å². The first-order valence-electron chi connectivity index (χ1n) is 12.3. The lowest BCUT2D eigenvalue weighted by atomic mass is 9.88. The second kappa shape index (κ2) is 13.7. The highest BCUT2D eigenvalue weighted by Gasteiger charge is 2.26. The Balaban J connectivity index is 1.48. The summed E-state index contributed by atoms with van der Waals surface area (Å²) in [5.74, 6) is 2.44. The molecule has 2 N–H and O–H groups in total. The molecule has 1 aliphatic carbocycles. The number of thioether (sulfide) groups is 1. The third-order valence-corrected chi connectivity index (χ3v) is 7.20. The van der Waals surface area contributed by atoms with Crippen molar-refractivity contribution in [1.29, 1.82) is 0 Å². The molecule has 2 aromatic rings. The van der Waals surface area contributed by atoms with Gasteiger partial charge in [0.15, 0.2) is 0 Å². The number of nitrogens with zero attached hydrogens (tertiary/aromatic N) is 1. The zero-order valence-corrected chi connectivity index (χ0v) is 20.6. The van der Waals surface area contributed by atoms with Gasteiger partial charge in [-0.2, -0.15) is 11.8 Å². The third kappa shape index (κ3) is 8.07. The molecule has 0 radical (unpaired) electrons. The minimum Gasteiger partial charge on any atom is -0.494 e. The van der Waals surface area contributed by atoms with E-state index < -0.39 is 0 Å². The van der Waals surface area contributed by atoms with Crippen molar-refractivity contribution >= 4 is 28.6 Å². The number of benzene rings is 1. The fourth-order valence-corrected chi connectivity index (χ4v) is 5.14. The number of aliphatic hydroxyl groups excluding tert-OH is 1. The Morgan fingerprint density at radius 1 is 1.21 bits per heavy atom. The molecule has 1 heterocycles. The van der Waals surface area contributed by atoms with Crippen molar-refractivity contribution in [2.45, 2.75) is 63.8 Å². The molecule has 7 heteroatoms. The summed E-state index contributed by atoms with van der Waals surface area (Å²) in [5, 5.41) is 10.9. The van der Waals surface area contributed by atoms with Crippen LogP contribution in [0.2, 0.25) is 0 Å². The molecule has 182 valence electrons. The summed E-state index contributed by atoms with van der Waals surface area (Å²) in [5.41, 5.74) is 0.675. The van der Waals surface area contributed by atoms with Crippen LogP contribution >= 0.6 is 11.8 Å². The lowest BCUT2D eigenvalue weighted by Gasteiger charge is -2.35. The molecule has 1 atom stereocenters. The van der Waals surface area contributed by atoms with Gasteiger partial charge < -0.3 is 19.7 Å². The lowest BCUT2D eigenvalue weighted by Crippen LogP contribution is -2.45. The van der Waals surface area contributed by atoms with Gasteiger partial charge >= 0.3 is 0 Å². The Morgan fingerprint density at radius 2 is 2.03 bits per heavy atom. The molecule has 0 saturated heterocycles. The second-order valence-corrected chi connectivity index (χ2v) is 10.0. The van der Waals surface area contributed by atoms with Crippen LogP contribution in [0.25, 0.3) is 10.9 Å². The number of amides is 1. The molecule has 6 nitrogen and oxygen atoms in total. The van der Waals surface area contributed by atoms with Gasteiger partial charge in [0.05, 0.1) is 19.3 Å². The number of aromatic nitrogens is 1. The molecular weight excluding hydrogens is 436 g/mol. The fourth-order valence-electron chi connectivity index (χ4n) is 4.64. The first kappa shape index (κ1) is 25.6. The first-order chi connectivity index (χ1) is 16.1. The molecule has 0 aliphatic heterocycles. The number of unbranched alkanes of at least 4 members (excludes halogenated alkanes) is 1. The van der Waals surface area contributed by atoms with Crippen LogP contribution in [0.3, 0.4) is 0 Å².